The Labute approximate surface area is 267 Å². The monoisotopic (exact) mass is 604 g/mol. The lowest BCUT2D eigenvalue weighted by atomic mass is 9.87. The fraction of sp³-hybridized carbons (Fsp3) is 0.333. The molecule has 4 aromatic rings. The van der Waals surface area contributed by atoms with Gasteiger partial charge in [0.2, 0.25) is 5.91 Å². The molecule has 2 N–H and O–H groups in total. The number of hydrogen-bond acceptors (Lipinski definition) is 4. The van der Waals surface area contributed by atoms with Crippen molar-refractivity contribution in [1.29, 1.82) is 0 Å². The van der Waals surface area contributed by atoms with Crippen molar-refractivity contribution in [2.45, 2.75) is 71.5 Å². The first-order valence-electron chi connectivity index (χ1n) is 15.8. The average molecular weight is 605 g/mol. The van der Waals surface area contributed by atoms with Gasteiger partial charge in [-0.3, -0.25) is 9.69 Å². The molecule has 0 spiro atoms. The summed E-state index contributed by atoms with van der Waals surface area (Å²) in [5.74, 6) is 0.577. The maximum atomic E-state index is 13.7. The number of fused-ring (bicyclic) bond motifs is 1. The number of nitrogens with zero attached hydrogens (tertiary/aromatic N) is 1. The highest BCUT2D eigenvalue weighted by molar-refractivity contribution is 5.87. The number of carbonyl (C=O) groups is 2. The van der Waals surface area contributed by atoms with Crippen molar-refractivity contribution < 1.29 is 19.4 Å². The Bertz CT molecular complexity index is 1610. The number of ether oxygens (including phenoxy) is 1. The van der Waals surface area contributed by atoms with Crippen molar-refractivity contribution in [3.05, 3.63) is 119 Å². The van der Waals surface area contributed by atoms with Crippen LogP contribution in [0.3, 0.4) is 0 Å². The molecular weight excluding hydrogens is 560 g/mol. The lowest BCUT2D eigenvalue weighted by Crippen LogP contribution is -2.55. The van der Waals surface area contributed by atoms with Gasteiger partial charge in [-0.15, -0.1) is 0 Å². The van der Waals surface area contributed by atoms with Crippen LogP contribution in [-0.2, 0) is 34.4 Å². The van der Waals surface area contributed by atoms with E-state index in [4.69, 9.17) is 4.74 Å². The van der Waals surface area contributed by atoms with Gasteiger partial charge >= 0.3 is 5.97 Å². The first kappa shape index (κ1) is 32.0. The number of hydrogen-bond donors (Lipinski definition) is 2. The zero-order chi connectivity index (χ0) is 32.1. The van der Waals surface area contributed by atoms with Gasteiger partial charge in [0.15, 0.2) is 0 Å². The summed E-state index contributed by atoms with van der Waals surface area (Å²) in [5, 5.41) is 12.9. The highest BCUT2D eigenvalue weighted by Crippen LogP contribution is 2.31. The molecule has 0 aromatic heterocycles. The molecule has 6 heteroatoms. The lowest BCUT2D eigenvalue weighted by molar-refractivity contribution is -0.142. The molecule has 234 valence electrons. The molecule has 0 radical (unpaired) electrons. The fourth-order valence-corrected chi connectivity index (χ4v) is 5.92. The van der Waals surface area contributed by atoms with Gasteiger partial charge in [-0.05, 0) is 75.4 Å². The maximum Gasteiger partial charge on any atom is 0.326 e. The molecule has 1 aliphatic rings. The molecule has 1 unspecified atom stereocenters. The quantitative estimate of drug-likeness (QED) is 0.195. The van der Waals surface area contributed by atoms with Crippen molar-refractivity contribution in [3.8, 4) is 22.6 Å². The topological polar surface area (TPSA) is 78.9 Å². The van der Waals surface area contributed by atoms with Gasteiger partial charge in [-0.25, -0.2) is 4.79 Å². The summed E-state index contributed by atoms with van der Waals surface area (Å²) in [6, 6.07) is 30.7. The van der Waals surface area contributed by atoms with E-state index in [1.54, 1.807) is 0 Å². The number of nitrogens with one attached hydrogen (secondary N) is 1. The van der Waals surface area contributed by atoms with Gasteiger partial charge in [0, 0.05) is 19.5 Å². The number of amides is 1. The zero-order valence-electron chi connectivity index (χ0n) is 26.9. The summed E-state index contributed by atoms with van der Waals surface area (Å²) < 4.78 is 6.21. The molecule has 0 bridgehead atoms. The summed E-state index contributed by atoms with van der Waals surface area (Å²) >= 11 is 0. The maximum absolute atomic E-state index is 13.7. The van der Waals surface area contributed by atoms with Crippen LogP contribution in [0.4, 0.5) is 0 Å². The van der Waals surface area contributed by atoms with E-state index in [9.17, 15) is 14.7 Å². The minimum Gasteiger partial charge on any atom is -0.480 e. The third-order valence-corrected chi connectivity index (χ3v) is 8.38. The molecule has 4 aromatic carbocycles. The Kier molecular flexibility index (Phi) is 9.74. The minimum absolute atomic E-state index is 0.0751. The Morgan fingerprint density at radius 2 is 1.51 bits per heavy atom. The summed E-state index contributed by atoms with van der Waals surface area (Å²) in [5.41, 5.74) is 6.55. The van der Waals surface area contributed by atoms with E-state index in [1.165, 1.54) is 5.56 Å². The van der Waals surface area contributed by atoms with E-state index in [2.05, 4.69) is 63.0 Å². The second kappa shape index (κ2) is 13.7. The van der Waals surface area contributed by atoms with Crippen LogP contribution in [0, 0.1) is 5.92 Å². The average Bonchev–Trinajstić information content (AvgIpc) is 3.00. The van der Waals surface area contributed by atoms with Crippen molar-refractivity contribution in [1.82, 2.24) is 10.2 Å². The fourth-order valence-electron chi connectivity index (χ4n) is 5.92. The molecule has 0 saturated carbocycles. The number of carbonyl (C=O) groups excluding carboxylic acids is 1. The van der Waals surface area contributed by atoms with Crippen molar-refractivity contribution in [2.75, 3.05) is 6.54 Å². The normalized spacial score (nSPS) is 15.7. The Hall–Kier alpha value is -4.42. The molecule has 0 saturated heterocycles. The predicted molar refractivity (Wildman–Crippen MR) is 180 cm³/mol. The van der Waals surface area contributed by atoms with Crippen molar-refractivity contribution in [3.63, 3.8) is 0 Å². The smallest absolute Gasteiger partial charge is 0.326 e. The van der Waals surface area contributed by atoms with Crippen LogP contribution in [0.15, 0.2) is 97.1 Å². The SMILES string of the molecule is CC(C)CN1Cc2cc(Oc3ccc(C(C)(C)C)cc3)ccc2C[C@H]1C(=O)NC(Cc1ccc(-c2ccccc2)cc1)C(=O)O. The van der Waals surface area contributed by atoms with E-state index in [1.807, 2.05) is 78.9 Å². The van der Waals surface area contributed by atoms with Gasteiger partial charge < -0.3 is 15.2 Å². The molecule has 1 amide bonds. The number of carboxylic acid groups (broad SMARTS) is 1. The summed E-state index contributed by atoms with van der Waals surface area (Å²) in [6.45, 7) is 12.1. The molecule has 5 rings (SSSR count). The van der Waals surface area contributed by atoms with Gasteiger partial charge in [0.25, 0.3) is 0 Å². The molecule has 45 heavy (non-hydrogen) atoms. The number of aliphatic carboxylic acids is 1. The Morgan fingerprint density at radius 1 is 0.867 bits per heavy atom. The minimum atomic E-state index is -1.04. The summed E-state index contributed by atoms with van der Waals surface area (Å²) in [6.07, 6.45) is 0.716. The molecule has 1 heterocycles. The largest absolute Gasteiger partial charge is 0.480 e. The molecule has 1 aliphatic heterocycles. The van der Waals surface area contributed by atoms with E-state index < -0.39 is 18.1 Å². The van der Waals surface area contributed by atoms with Crippen molar-refractivity contribution >= 4 is 11.9 Å². The van der Waals surface area contributed by atoms with E-state index in [-0.39, 0.29) is 17.7 Å². The highest BCUT2D eigenvalue weighted by atomic mass is 16.5. The third kappa shape index (κ3) is 8.20. The molecule has 2 atom stereocenters. The second-order valence-electron chi connectivity index (χ2n) is 13.5. The lowest BCUT2D eigenvalue weighted by Gasteiger charge is -2.37. The first-order valence-corrected chi connectivity index (χ1v) is 15.8. The molecule has 6 nitrogen and oxygen atoms in total. The van der Waals surface area contributed by atoms with E-state index in [0.717, 1.165) is 45.9 Å². The van der Waals surface area contributed by atoms with E-state index in [0.29, 0.717) is 18.9 Å². The van der Waals surface area contributed by atoms with Gasteiger partial charge in [-0.1, -0.05) is 107 Å². The van der Waals surface area contributed by atoms with Gasteiger partial charge in [-0.2, -0.15) is 0 Å². The van der Waals surface area contributed by atoms with E-state index >= 15 is 0 Å². The van der Waals surface area contributed by atoms with Crippen LogP contribution in [0.25, 0.3) is 11.1 Å². The highest BCUT2D eigenvalue weighted by Gasteiger charge is 2.34. The summed E-state index contributed by atoms with van der Waals surface area (Å²) in [7, 11) is 0. The zero-order valence-corrected chi connectivity index (χ0v) is 26.9. The van der Waals surface area contributed by atoms with Crippen LogP contribution < -0.4 is 10.1 Å². The number of benzene rings is 4. The molecule has 0 fully saturated rings. The molecular formula is C39H44N2O4. The van der Waals surface area contributed by atoms with Crippen LogP contribution in [0.1, 0.15) is 56.9 Å². The van der Waals surface area contributed by atoms with Crippen LogP contribution in [0.5, 0.6) is 11.5 Å². The number of rotatable bonds is 10. The number of carboxylic acids is 1. The van der Waals surface area contributed by atoms with Crippen LogP contribution in [-0.4, -0.2) is 40.5 Å². The van der Waals surface area contributed by atoms with Crippen LogP contribution in [0.2, 0.25) is 0 Å². The molecule has 0 aliphatic carbocycles. The summed E-state index contributed by atoms with van der Waals surface area (Å²) in [4.78, 5) is 28.2. The van der Waals surface area contributed by atoms with Gasteiger partial charge in [0.05, 0.1) is 6.04 Å². The standard InChI is InChI=1S/C39H44N2O4/c1-26(2)24-41-25-31-22-34(45-33-19-16-32(17-20-33)39(3,4)5)18-15-30(31)23-36(41)37(42)40-35(38(43)44)21-27-11-13-29(14-12-27)28-9-7-6-8-10-28/h6-20,22,26,35-36H,21,23-25H2,1-5H3,(H,40,42)(H,43,44)/t35?,36-/m0/s1. The third-order valence-electron chi connectivity index (χ3n) is 8.38. The van der Waals surface area contributed by atoms with Crippen molar-refractivity contribution in [2.24, 2.45) is 5.92 Å². The Morgan fingerprint density at radius 3 is 2.13 bits per heavy atom. The van der Waals surface area contributed by atoms with Gasteiger partial charge in [0.1, 0.15) is 17.5 Å². The Balaban J connectivity index is 1.28. The van der Waals surface area contributed by atoms with Crippen LogP contribution >= 0.6 is 0 Å². The first-order chi connectivity index (χ1) is 21.5. The predicted octanol–water partition coefficient (Wildman–Crippen LogP) is 7.64. The second-order valence-corrected chi connectivity index (χ2v) is 13.5.